The Morgan fingerprint density at radius 3 is 2.68 bits per heavy atom. The van der Waals surface area contributed by atoms with Crippen LogP contribution in [0.5, 0.6) is 5.75 Å². The van der Waals surface area contributed by atoms with E-state index in [-0.39, 0.29) is 17.8 Å². The maximum absolute atomic E-state index is 12.9. The van der Waals surface area contributed by atoms with Gasteiger partial charge in [0.15, 0.2) is 0 Å². The summed E-state index contributed by atoms with van der Waals surface area (Å²) in [4.78, 5) is 23.7. The van der Waals surface area contributed by atoms with E-state index in [0.717, 1.165) is 48.4 Å². The Bertz CT molecular complexity index is 1020. The van der Waals surface area contributed by atoms with Gasteiger partial charge >= 0.3 is 0 Å². The van der Waals surface area contributed by atoms with Crippen molar-refractivity contribution in [3.8, 4) is 16.9 Å². The first-order valence-corrected chi connectivity index (χ1v) is 10.7. The lowest BCUT2D eigenvalue weighted by atomic mass is 9.89. The van der Waals surface area contributed by atoms with Gasteiger partial charge in [-0.15, -0.1) is 0 Å². The Morgan fingerprint density at radius 1 is 1.16 bits per heavy atom. The van der Waals surface area contributed by atoms with Crippen LogP contribution in [0.4, 0.5) is 5.95 Å². The van der Waals surface area contributed by atoms with E-state index in [1.54, 1.807) is 13.3 Å². The minimum atomic E-state index is 0.136. The average molecular weight is 417 g/mol. The molecule has 2 N–H and O–H groups in total. The summed E-state index contributed by atoms with van der Waals surface area (Å²) in [5, 5.41) is 0. The average Bonchev–Trinajstić information content (AvgIpc) is 2.83. The maximum atomic E-state index is 12.9. The second kappa shape index (κ2) is 9.60. The number of carbonyl (C=O) groups is 1. The molecule has 6 heteroatoms. The second-order valence-corrected chi connectivity index (χ2v) is 7.92. The predicted molar refractivity (Wildman–Crippen MR) is 122 cm³/mol. The molecule has 31 heavy (non-hydrogen) atoms. The molecular weight excluding hydrogens is 388 g/mol. The highest BCUT2D eigenvalue weighted by Gasteiger charge is 2.28. The van der Waals surface area contributed by atoms with Crippen LogP contribution in [-0.4, -0.2) is 41.0 Å². The lowest BCUT2D eigenvalue weighted by Gasteiger charge is -2.33. The molecule has 4 rings (SSSR count). The van der Waals surface area contributed by atoms with Crippen LogP contribution in [0.2, 0.25) is 0 Å². The van der Waals surface area contributed by atoms with Crippen molar-refractivity contribution in [1.82, 2.24) is 14.9 Å². The second-order valence-electron chi connectivity index (χ2n) is 7.92. The van der Waals surface area contributed by atoms with Crippen LogP contribution in [0.1, 0.15) is 36.4 Å². The quantitative estimate of drug-likeness (QED) is 0.655. The molecule has 2 aromatic carbocycles. The van der Waals surface area contributed by atoms with E-state index in [2.05, 4.69) is 22.1 Å². The third kappa shape index (κ3) is 5.02. The third-order valence-corrected chi connectivity index (χ3v) is 5.87. The van der Waals surface area contributed by atoms with Gasteiger partial charge in [-0.3, -0.25) is 4.79 Å². The summed E-state index contributed by atoms with van der Waals surface area (Å²) in [5.74, 6) is 1.40. The van der Waals surface area contributed by atoms with Crippen molar-refractivity contribution in [2.75, 3.05) is 25.9 Å². The zero-order valence-electron chi connectivity index (χ0n) is 17.8. The molecule has 1 aliphatic heterocycles. The number of nitrogen functional groups attached to an aromatic ring is 1. The number of piperidine rings is 1. The predicted octanol–water partition coefficient (Wildman–Crippen LogP) is 4.07. The standard InChI is InChI=1S/C25H28N4O2/c1-31-21-12-10-19(11-13-21)22-16-27-25(26)28-24(22)20-8-5-15-29(17-20)23(30)14-9-18-6-3-2-4-7-18/h2-4,6-7,10-13,16,20H,5,8-9,14-15,17H2,1H3,(H2,26,27,28)/t20-/m0/s1. The molecule has 1 aromatic heterocycles. The number of benzene rings is 2. The highest BCUT2D eigenvalue weighted by Crippen LogP contribution is 2.34. The van der Waals surface area contributed by atoms with Crippen molar-refractivity contribution in [3.05, 3.63) is 72.1 Å². The molecule has 0 unspecified atom stereocenters. The number of aromatic nitrogens is 2. The fourth-order valence-electron chi connectivity index (χ4n) is 4.19. The van der Waals surface area contributed by atoms with Crippen LogP contribution in [0, 0.1) is 0 Å². The number of hydrogen-bond donors (Lipinski definition) is 1. The molecular formula is C25H28N4O2. The molecule has 0 saturated carbocycles. The van der Waals surface area contributed by atoms with Gasteiger partial charge in [0.25, 0.3) is 0 Å². The molecule has 2 heterocycles. The molecule has 1 atom stereocenters. The number of carbonyl (C=O) groups excluding carboxylic acids is 1. The highest BCUT2D eigenvalue weighted by molar-refractivity contribution is 5.77. The molecule has 0 bridgehead atoms. The van der Waals surface area contributed by atoms with Crippen LogP contribution < -0.4 is 10.5 Å². The number of likely N-dealkylation sites (tertiary alicyclic amines) is 1. The van der Waals surface area contributed by atoms with Crippen molar-refractivity contribution in [1.29, 1.82) is 0 Å². The fraction of sp³-hybridized carbons (Fsp3) is 0.320. The number of nitrogens with zero attached hydrogens (tertiary/aromatic N) is 3. The van der Waals surface area contributed by atoms with E-state index in [9.17, 15) is 4.79 Å². The Kier molecular flexibility index (Phi) is 6.46. The van der Waals surface area contributed by atoms with Gasteiger partial charge < -0.3 is 15.4 Å². The van der Waals surface area contributed by atoms with Gasteiger partial charge in [-0.05, 0) is 42.5 Å². The van der Waals surface area contributed by atoms with Crippen molar-refractivity contribution in [2.45, 2.75) is 31.6 Å². The zero-order valence-corrected chi connectivity index (χ0v) is 17.8. The molecule has 1 fully saturated rings. The first-order chi connectivity index (χ1) is 15.1. The number of nitrogens with two attached hydrogens (primary N) is 1. The number of ether oxygens (including phenoxy) is 1. The topological polar surface area (TPSA) is 81.3 Å². The monoisotopic (exact) mass is 416 g/mol. The Balaban J connectivity index is 1.51. The minimum absolute atomic E-state index is 0.136. The van der Waals surface area contributed by atoms with E-state index < -0.39 is 0 Å². The molecule has 0 spiro atoms. The van der Waals surface area contributed by atoms with Crippen LogP contribution in [0.3, 0.4) is 0 Å². The largest absolute Gasteiger partial charge is 0.497 e. The number of amides is 1. The number of methoxy groups -OCH3 is 1. The van der Waals surface area contributed by atoms with E-state index in [0.29, 0.717) is 13.0 Å². The summed E-state index contributed by atoms with van der Waals surface area (Å²) in [6.07, 6.45) is 5.00. The third-order valence-electron chi connectivity index (χ3n) is 5.87. The van der Waals surface area contributed by atoms with E-state index in [1.807, 2.05) is 47.4 Å². The molecule has 6 nitrogen and oxygen atoms in total. The number of aryl methyl sites for hydroxylation is 1. The van der Waals surface area contributed by atoms with E-state index >= 15 is 0 Å². The summed E-state index contributed by atoms with van der Waals surface area (Å²) in [7, 11) is 1.65. The number of rotatable bonds is 6. The lowest BCUT2D eigenvalue weighted by molar-refractivity contribution is -0.132. The van der Waals surface area contributed by atoms with Gasteiger partial charge in [0.1, 0.15) is 5.75 Å². The smallest absolute Gasteiger partial charge is 0.222 e. The van der Waals surface area contributed by atoms with Crippen LogP contribution in [-0.2, 0) is 11.2 Å². The first kappa shape index (κ1) is 20.8. The van der Waals surface area contributed by atoms with Crippen LogP contribution in [0.15, 0.2) is 60.8 Å². The SMILES string of the molecule is COc1ccc(-c2cnc(N)nc2[C@H]2CCCN(C(=O)CCc3ccccc3)C2)cc1. The lowest BCUT2D eigenvalue weighted by Crippen LogP contribution is -2.39. The molecule has 1 aliphatic rings. The van der Waals surface area contributed by atoms with Crippen LogP contribution in [0.25, 0.3) is 11.1 Å². The Hall–Kier alpha value is -3.41. The van der Waals surface area contributed by atoms with Crippen LogP contribution >= 0.6 is 0 Å². The summed E-state index contributed by atoms with van der Waals surface area (Å²) < 4.78 is 5.27. The Morgan fingerprint density at radius 2 is 1.94 bits per heavy atom. The molecule has 0 aliphatic carbocycles. The van der Waals surface area contributed by atoms with Gasteiger partial charge in [0.2, 0.25) is 11.9 Å². The Labute approximate surface area is 183 Å². The first-order valence-electron chi connectivity index (χ1n) is 10.7. The van der Waals surface area contributed by atoms with Crippen molar-refractivity contribution < 1.29 is 9.53 Å². The van der Waals surface area contributed by atoms with E-state index in [1.165, 1.54) is 5.56 Å². The van der Waals surface area contributed by atoms with Crippen molar-refractivity contribution in [2.24, 2.45) is 0 Å². The molecule has 160 valence electrons. The molecule has 1 saturated heterocycles. The summed E-state index contributed by atoms with van der Waals surface area (Å²) >= 11 is 0. The number of hydrogen-bond acceptors (Lipinski definition) is 5. The molecule has 3 aromatic rings. The minimum Gasteiger partial charge on any atom is -0.497 e. The number of anilines is 1. The highest BCUT2D eigenvalue weighted by atomic mass is 16.5. The van der Waals surface area contributed by atoms with Gasteiger partial charge in [0.05, 0.1) is 12.8 Å². The molecule has 0 radical (unpaired) electrons. The van der Waals surface area contributed by atoms with E-state index in [4.69, 9.17) is 10.5 Å². The zero-order chi connectivity index (χ0) is 21.6. The molecule has 1 amide bonds. The maximum Gasteiger partial charge on any atom is 0.222 e. The normalized spacial score (nSPS) is 16.2. The van der Waals surface area contributed by atoms with Crippen molar-refractivity contribution in [3.63, 3.8) is 0 Å². The fourth-order valence-corrected chi connectivity index (χ4v) is 4.19. The van der Waals surface area contributed by atoms with Gasteiger partial charge in [-0.25, -0.2) is 9.97 Å². The van der Waals surface area contributed by atoms with Crippen molar-refractivity contribution >= 4 is 11.9 Å². The van der Waals surface area contributed by atoms with Gasteiger partial charge in [0, 0.05) is 37.2 Å². The summed E-state index contributed by atoms with van der Waals surface area (Å²) in [6.45, 7) is 1.45. The van der Waals surface area contributed by atoms with Gasteiger partial charge in [-0.1, -0.05) is 42.5 Å². The summed E-state index contributed by atoms with van der Waals surface area (Å²) in [5.41, 5.74) is 10.0. The summed E-state index contributed by atoms with van der Waals surface area (Å²) in [6, 6.07) is 18.0. The van der Waals surface area contributed by atoms with Gasteiger partial charge in [-0.2, -0.15) is 0 Å².